The van der Waals surface area contributed by atoms with Gasteiger partial charge in [0.05, 0.1) is 5.69 Å². The summed E-state index contributed by atoms with van der Waals surface area (Å²) in [5.74, 6) is -0.523. The Balaban J connectivity index is 1.62. The third kappa shape index (κ3) is 2.92. The average molecular weight is 348 g/mol. The van der Waals surface area contributed by atoms with Crippen molar-refractivity contribution in [2.24, 2.45) is 0 Å². The largest absolute Gasteiger partial charge is 0.298 e. The second-order valence-corrected chi connectivity index (χ2v) is 6.12. The minimum atomic E-state index is -0.523. The van der Waals surface area contributed by atoms with Crippen molar-refractivity contribution in [1.82, 2.24) is 14.4 Å². The third-order valence-corrected chi connectivity index (χ3v) is 4.41. The Morgan fingerprint density at radius 2 is 1.88 bits per heavy atom. The van der Waals surface area contributed by atoms with Gasteiger partial charge in [-0.1, -0.05) is 36.4 Å². The Kier molecular flexibility index (Phi) is 3.83. The van der Waals surface area contributed by atoms with Gasteiger partial charge in [-0.3, -0.25) is 19.3 Å². The number of nitrogens with zero attached hydrogens (tertiary/aromatic N) is 3. The van der Waals surface area contributed by atoms with E-state index in [0.29, 0.717) is 10.8 Å². The zero-order valence-electron chi connectivity index (χ0n) is 12.9. The number of rotatable bonds is 3. The number of hydrogen-bond donors (Lipinski definition) is 1. The van der Waals surface area contributed by atoms with Gasteiger partial charge in [0, 0.05) is 23.3 Å². The van der Waals surface area contributed by atoms with Crippen molar-refractivity contribution < 1.29 is 4.79 Å². The van der Waals surface area contributed by atoms with E-state index in [1.165, 1.54) is 21.9 Å². The van der Waals surface area contributed by atoms with E-state index in [9.17, 15) is 9.59 Å². The van der Waals surface area contributed by atoms with Gasteiger partial charge >= 0.3 is 0 Å². The van der Waals surface area contributed by atoms with E-state index in [2.05, 4.69) is 15.3 Å². The SMILES string of the molecule is O=C(Nc1nc(-c2ccccc2)cs1)c1cnc2ccccn2c1=O. The number of nitrogens with one attached hydrogen (secondary N) is 1. The van der Waals surface area contributed by atoms with Gasteiger partial charge in [-0.05, 0) is 12.1 Å². The summed E-state index contributed by atoms with van der Waals surface area (Å²) in [6, 6.07) is 14.9. The number of aromatic nitrogens is 3. The van der Waals surface area contributed by atoms with Crippen LogP contribution < -0.4 is 10.9 Å². The van der Waals surface area contributed by atoms with Gasteiger partial charge < -0.3 is 0 Å². The van der Waals surface area contributed by atoms with E-state index in [0.717, 1.165) is 11.3 Å². The predicted octanol–water partition coefficient (Wildman–Crippen LogP) is 3.07. The molecule has 4 aromatic rings. The normalized spacial score (nSPS) is 10.7. The minimum absolute atomic E-state index is 0.0276. The van der Waals surface area contributed by atoms with Gasteiger partial charge in [-0.25, -0.2) is 9.97 Å². The molecule has 6 nitrogen and oxygen atoms in total. The summed E-state index contributed by atoms with van der Waals surface area (Å²) in [6.45, 7) is 0. The Bertz CT molecular complexity index is 1120. The van der Waals surface area contributed by atoms with Crippen molar-refractivity contribution in [2.45, 2.75) is 0 Å². The van der Waals surface area contributed by atoms with E-state index in [-0.39, 0.29) is 5.56 Å². The minimum Gasteiger partial charge on any atom is -0.298 e. The maximum absolute atomic E-state index is 12.4. The number of hydrogen-bond acceptors (Lipinski definition) is 5. The summed E-state index contributed by atoms with van der Waals surface area (Å²) in [7, 11) is 0. The maximum Gasteiger partial charge on any atom is 0.270 e. The molecule has 0 aliphatic heterocycles. The van der Waals surface area contributed by atoms with Crippen LogP contribution in [-0.4, -0.2) is 20.3 Å². The van der Waals surface area contributed by atoms with Crippen molar-refractivity contribution in [3.63, 3.8) is 0 Å². The zero-order chi connectivity index (χ0) is 17.2. The van der Waals surface area contributed by atoms with E-state index in [1.807, 2.05) is 35.7 Å². The summed E-state index contributed by atoms with van der Waals surface area (Å²) in [5.41, 5.74) is 1.79. The van der Waals surface area contributed by atoms with Crippen LogP contribution in [0.2, 0.25) is 0 Å². The molecule has 1 aromatic carbocycles. The molecule has 0 aliphatic carbocycles. The fraction of sp³-hybridized carbons (Fsp3) is 0. The molecule has 0 aliphatic rings. The molecule has 0 unspecified atom stereocenters. The predicted molar refractivity (Wildman–Crippen MR) is 97.0 cm³/mol. The number of benzene rings is 1. The van der Waals surface area contributed by atoms with Crippen LogP contribution in [-0.2, 0) is 0 Å². The molecular formula is C18H12N4O2S. The van der Waals surface area contributed by atoms with Crippen LogP contribution in [0.5, 0.6) is 0 Å². The lowest BCUT2D eigenvalue weighted by Gasteiger charge is -2.03. The van der Waals surface area contributed by atoms with Gasteiger partial charge in [0.2, 0.25) is 0 Å². The van der Waals surface area contributed by atoms with Crippen LogP contribution in [0, 0.1) is 0 Å². The van der Waals surface area contributed by atoms with Gasteiger partial charge in [0.25, 0.3) is 11.5 Å². The zero-order valence-corrected chi connectivity index (χ0v) is 13.7. The van der Waals surface area contributed by atoms with Crippen molar-refractivity contribution >= 4 is 28.0 Å². The molecule has 3 heterocycles. The van der Waals surface area contributed by atoms with Crippen LogP contribution in [0.3, 0.4) is 0 Å². The number of amides is 1. The van der Waals surface area contributed by atoms with Crippen LogP contribution in [0.25, 0.3) is 16.9 Å². The topological polar surface area (TPSA) is 76.4 Å². The Morgan fingerprint density at radius 3 is 2.72 bits per heavy atom. The molecule has 3 aromatic heterocycles. The lowest BCUT2D eigenvalue weighted by atomic mass is 10.2. The third-order valence-electron chi connectivity index (χ3n) is 3.65. The Morgan fingerprint density at radius 1 is 1.08 bits per heavy atom. The fourth-order valence-corrected chi connectivity index (χ4v) is 3.13. The van der Waals surface area contributed by atoms with Gasteiger partial charge in [-0.2, -0.15) is 0 Å². The number of carbonyl (C=O) groups excluding carboxylic acids is 1. The molecule has 4 rings (SSSR count). The summed E-state index contributed by atoms with van der Waals surface area (Å²) in [4.78, 5) is 33.4. The highest BCUT2D eigenvalue weighted by Gasteiger charge is 2.15. The Labute approximate surface area is 146 Å². The van der Waals surface area contributed by atoms with Crippen LogP contribution in [0.1, 0.15) is 10.4 Å². The summed E-state index contributed by atoms with van der Waals surface area (Å²) in [6.07, 6.45) is 2.87. The first kappa shape index (κ1) is 15.2. The second-order valence-electron chi connectivity index (χ2n) is 5.26. The van der Waals surface area contributed by atoms with Crippen molar-refractivity contribution in [1.29, 1.82) is 0 Å². The highest BCUT2D eigenvalue weighted by atomic mass is 32.1. The highest BCUT2D eigenvalue weighted by molar-refractivity contribution is 7.14. The first-order valence-corrected chi connectivity index (χ1v) is 8.39. The molecule has 0 saturated heterocycles. The number of thiazole rings is 1. The molecule has 122 valence electrons. The average Bonchev–Trinajstić information content (AvgIpc) is 3.11. The first-order chi connectivity index (χ1) is 12.2. The molecule has 0 bridgehead atoms. The van der Waals surface area contributed by atoms with E-state index >= 15 is 0 Å². The molecule has 1 amide bonds. The van der Waals surface area contributed by atoms with Crippen molar-refractivity contribution in [3.05, 3.63) is 82.2 Å². The molecule has 7 heteroatoms. The smallest absolute Gasteiger partial charge is 0.270 e. The lowest BCUT2D eigenvalue weighted by molar-refractivity contribution is 0.102. The van der Waals surface area contributed by atoms with Crippen molar-refractivity contribution in [2.75, 3.05) is 5.32 Å². The summed E-state index contributed by atoms with van der Waals surface area (Å²) in [5, 5.41) is 4.96. The number of anilines is 1. The van der Waals surface area contributed by atoms with Gasteiger partial charge in [-0.15, -0.1) is 11.3 Å². The number of pyridine rings is 1. The highest BCUT2D eigenvalue weighted by Crippen LogP contribution is 2.24. The van der Waals surface area contributed by atoms with E-state index < -0.39 is 11.5 Å². The monoisotopic (exact) mass is 348 g/mol. The van der Waals surface area contributed by atoms with E-state index in [4.69, 9.17) is 0 Å². The van der Waals surface area contributed by atoms with Gasteiger partial charge in [0.1, 0.15) is 11.2 Å². The van der Waals surface area contributed by atoms with Crippen LogP contribution >= 0.6 is 11.3 Å². The first-order valence-electron chi connectivity index (χ1n) is 7.51. The molecular weight excluding hydrogens is 336 g/mol. The molecule has 0 saturated carbocycles. The van der Waals surface area contributed by atoms with E-state index in [1.54, 1.807) is 24.4 Å². The molecule has 0 spiro atoms. The quantitative estimate of drug-likeness (QED) is 0.617. The van der Waals surface area contributed by atoms with Gasteiger partial charge in [0.15, 0.2) is 5.13 Å². The van der Waals surface area contributed by atoms with Crippen LogP contribution in [0.15, 0.2) is 71.1 Å². The van der Waals surface area contributed by atoms with Crippen LogP contribution in [0.4, 0.5) is 5.13 Å². The maximum atomic E-state index is 12.4. The molecule has 0 atom stereocenters. The van der Waals surface area contributed by atoms with Crippen molar-refractivity contribution in [3.8, 4) is 11.3 Å². The summed E-state index contributed by atoms with van der Waals surface area (Å²) < 4.78 is 1.34. The fourth-order valence-electron chi connectivity index (χ4n) is 2.42. The Hall–Kier alpha value is -3.32. The molecule has 25 heavy (non-hydrogen) atoms. The molecule has 0 radical (unpaired) electrons. The molecule has 1 N–H and O–H groups in total. The number of carbonyl (C=O) groups is 1. The lowest BCUT2D eigenvalue weighted by Crippen LogP contribution is -2.26. The second kappa shape index (κ2) is 6.29. The standard InChI is InChI=1S/C18H12N4O2S/c23-16(13-10-19-15-8-4-5-9-22(15)17(13)24)21-18-20-14(11-25-18)12-6-2-1-3-7-12/h1-11H,(H,20,21,23). The number of fused-ring (bicyclic) bond motifs is 1. The summed E-state index contributed by atoms with van der Waals surface area (Å²) >= 11 is 1.30. The molecule has 0 fully saturated rings.